The van der Waals surface area contributed by atoms with Crippen LogP contribution >= 0.6 is 19.8 Å². The first-order chi connectivity index (χ1) is 4.70. The van der Waals surface area contributed by atoms with Gasteiger partial charge in [0, 0.05) is 0 Å². The molecule has 0 radical (unpaired) electrons. The second-order valence-electron chi connectivity index (χ2n) is 3.07. The standard InChI is InChI=1S/C10H14.2H3P/c1-8(2)10-6-4-9(3)5-7-10;;/h4-8H,1-3H3;2*1H3. The zero-order valence-electron chi connectivity index (χ0n) is 8.30. The molecule has 0 heterocycles. The van der Waals surface area contributed by atoms with Crippen molar-refractivity contribution in [1.82, 2.24) is 0 Å². The molecule has 12 heavy (non-hydrogen) atoms. The summed E-state index contributed by atoms with van der Waals surface area (Å²) in [5.74, 6) is 0.653. The molecule has 0 bridgehead atoms. The van der Waals surface area contributed by atoms with Crippen molar-refractivity contribution in [3.05, 3.63) is 35.4 Å². The second kappa shape index (κ2) is 6.58. The lowest BCUT2D eigenvalue weighted by molar-refractivity contribution is 0.866. The van der Waals surface area contributed by atoms with Gasteiger partial charge in [0.1, 0.15) is 0 Å². The molecule has 0 aliphatic heterocycles. The third kappa shape index (κ3) is 4.19. The fraction of sp³-hybridized carbons (Fsp3) is 0.400. The Morgan fingerprint density at radius 1 is 0.917 bits per heavy atom. The van der Waals surface area contributed by atoms with Crippen LogP contribution < -0.4 is 0 Å². The van der Waals surface area contributed by atoms with Gasteiger partial charge in [-0.25, -0.2) is 0 Å². The lowest BCUT2D eigenvalue weighted by Gasteiger charge is -2.03. The molecular formula is C10H20P2. The monoisotopic (exact) mass is 202 g/mol. The van der Waals surface area contributed by atoms with Gasteiger partial charge in [-0.05, 0) is 18.4 Å². The van der Waals surface area contributed by atoms with Crippen molar-refractivity contribution >= 4 is 19.8 Å². The van der Waals surface area contributed by atoms with Gasteiger partial charge in [-0.2, -0.15) is 19.8 Å². The van der Waals surface area contributed by atoms with Crippen LogP contribution in [0.3, 0.4) is 0 Å². The molecule has 2 heteroatoms. The van der Waals surface area contributed by atoms with Crippen molar-refractivity contribution in [3.8, 4) is 0 Å². The van der Waals surface area contributed by atoms with Crippen LogP contribution in [-0.2, 0) is 0 Å². The number of aryl methyl sites for hydroxylation is 1. The summed E-state index contributed by atoms with van der Waals surface area (Å²) in [5, 5.41) is 0. The number of hydrogen-bond acceptors (Lipinski definition) is 0. The molecule has 70 valence electrons. The average Bonchev–Trinajstić information content (AvgIpc) is 1.88. The van der Waals surface area contributed by atoms with Gasteiger partial charge >= 0.3 is 0 Å². The largest absolute Gasteiger partial charge is 0.153 e. The maximum Gasteiger partial charge on any atom is -0.0219 e. The highest BCUT2D eigenvalue weighted by atomic mass is 31.0. The average molecular weight is 202 g/mol. The SMILES string of the molecule is Cc1ccc(C(C)C)cc1.P.P. The van der Waals surface area contributed by atoms with E-state index in [1.54, 1.807) is 0 Å². The predicted molar refractivity (Wildman–Crippen MR) is 67.5 cm³/mol. The molecule has 2 atom stereocenters. The zero-order valence-corrected chi connectivity index (χ0v) is 11.1. The van der Waals surface area contributed by atoms with E-state index >= 15 is 0 Å². The molecule has 1 rings (SSSR count). The van der Waals surface area contributed by atoms with Gasteiger partial charge < -0.3 is 0 Å². The highest BCUT2D eigenvalue weighted by molar-refractivity contribution is 6.92. The summed E-state index contributed by atoms with van der Waals surface area (Å²) in [4.78, 5) is 0. The van der Waals surface area contributed by atoms with Crippen molar-refractivity contribution in [2.75, 3.05) is 0 Å². The fourth-order valence-corrected chi connectivity index (χ4v) is 0.951. The maximum atomic E-state index is 2.21. The Morgan fingerprint density at radius 3 is 1.67 bits per heavy atom. The predicted octanol–water partition coefficient (Wildman–Crippen LogP) is 3.23. The van der Waals surface area contributed by atoms with Crippen LogP contribution in [0.4, 0.5) is 0 Å². The van der Waals surface area contributed by atoms with Gasteiger partial charge in [-0.1, -0.05) is 43.7 Å². The van der Waals surface area contributed by atoms with Crippen molar-refractivity contribution in [3.63, 3.8) is 0 Å². The summed E-state index contributed by atoms with van der Waals surface area (Å²) in [6, 6.07) is 8.71. The molecule has 0 saturated heterocycles. The Hall–Kier alpha value is 0.0800. The molecule has 0 amide bonds. The van der Waals surface area contributed by atoms with Crippen molar-refractivity contribution in [2.24, 2.45) is 0 Å². The molecule has 0 fully saturated rings. The smallest absolute Gasteiger partial charge is 0.0219 e. The Balaban J connectivity index is 0. The fourth-order valence-electron chi connectivity index (χ4n) is 0.951. The summed E-state index contributed by atoms with van der Waals surface area (Å²) in [6.45, 7) is 6.54. The van der Waals surface area contributed by atoms with E-state index in [0.29, 0.717) is 5.92 Å². The first kappa shape index (κ1) is 14.6. The summed E-state index contributed by atoms with van der Waals surface area (Å²) in [5.41, 5.74) is 2.76. The molecule has 0 aliphatic rings. The van der Waals surface area contributed by atoms with E-state index in [9.17, 15) is 0 Å². The molecule has 1 aromatic carbocycles. The first-order valence-electron chi connectivity index (χ1n) is 3.76. The molecule has 0 spiro atoms. The molecule has 1 aromatic rings. The van der Waals surface area contributed by atoms with Gasteiger partial charge in [-0.15, -0.1) is 0 Å². The Labute approximate surface area is 82.4 Å². The maximum absolute atomic E-state index is 2.21. The summed E-state index contributed by atoms with van der Waals surface area (Å²) >= 11 is 0. The van der Waals surface area contributed by atoms with E-state index < -0.39 is 0 Å². The molecular weight excluding hydrogens is 182 g/mol. The normalized spacial score (nSPS) is 8.67. The van der Waals surface area contributed by atoms with E-state index in [1.165, 1.54) is 11.1 Å². The van der Waals surface area contributed by atoms with Crippen LogP contribution in [0.15, 0.2) is 24.3 Å². The number of hydrogen-bond donors (Lipinski definition) is 0. The van der Waals surface area contributed by atoms with Crippen LogP contribution in [-0.4, -0.2) is 0 Å². The van der Waals surface area contributed by atoms with Gasteiger partial charge in [0.2, 0.25) is 0 Å². The van der Waals surface area contributed by atoms with Gasteiger partial charge in [0.25, 0.3) is 0 Å². The van der Waals surface area contributed by atoms with Gasteiger partial charge in [-0.3, -0.25) is 0 Å². The van der Waals surface area contributed by atoms with E-state index in [2.05, 4.69) is 45.0 Å². The zero-order chi connectivity index (χ0) is 7.56. The van der Waals surface area contributed by atoms with E-state index in [-0.39, 0.29) is 19.8 Å². The highest BCUT2D eigenvalue weighted by Crippen LogP contribution is 2.13. The first-order valence-corrected chi connectivity index (χ1v) is 3.76. The molecule has 0 N–H and O–H groups in total. The quantitative estimate of drug-likeness (QED) is 0.613. The minimum atomic E-state index is 0. The Bertz CT molecular complexity index is 202. The van der Waals surface area contributed by atoms with Crippen LogP contribution in [0.1, 0.15) is 30.9 Å². The van der Waals surface area contributed by atoms with Crippen LogP contribution in [0.2, 0.25) is 0 Å². The molecule has 0 saturated carbocycles. The lowest BCUT2D eigenvalue weighted by Crippen LogP contribution is -1.85. The lowest BCUT2D eigenvalue weighted by atomic mass is 10.0. The summed E-state index contributed by atoms with van der Waals surface area (Å²) in [7, 11) is 0. The Morgan fingerprint density at radius 2 is 1.33 bits per heavy atom. The minimum absolute atomic E-state index is 0. The van der Waals surface area contributed by atoms with E-state index in [4.69, 9.17) is 0 Å². The van der Waals surface area contributed by atoms with Crippen LogP contribution in [0.25, 0.3) is 0 Å². The third-order valence-corrected chi connectivity index (χ3v) is 1.74. The highest BCUT2D eigenvalue weighted by Gasteiger charge is 1.95. The van der Waals surface area contributed by atoms with Crippen LogP contribution in [0, 0.1) is 6.92 Å². The summed E-state index contributed by atoms with van der Waals surface area (Å²) in [6.07, 6.45) is 0. The van der Waals surface area contributed by atoms with E-state index in [0.717, 1.165) is 0 Å². The van der Waals surface area contributed by atoms with Gasteiger partial charge in [0.05, 0.1) is 0 Å². The topological polar surface area (TPSA) is 0 Å². The van der Waals surface area contributed by atoms with Crippen molar-refractivity contribution in [2.45, 2.75) is 26.7 Å². The minimum Gasteiger partial charge on any atom is -0.153 e. The number of benzene rings is 1. The van der Waals surface area contributed by atoms with Gasteiger partial charge in [0.15, 0.2) is 0 Å². The molecule has 0 aromatic heterocycles. The molecule has 0 nitrogen and oxygen atoms in total. The Kier molecular flexibility index (Phi) is 8.00. The van der Waals surface area contributed by atoms with E-state index in [1.807, 2.05) is 0 Å². The van der Waals surface area contributed by atoms with Crippen LogP contribution in [0.5, 0.6) is 0 Å². The second-order valence-corrected chi connectivity index (χ2v) is 3.07. The molecule has 0 aliphatic carbocycles. The van der Waals surface area contributed by atoms with Crippen molar-refractivity contribution < 1.29 is 0 Å². The number of rotatable bonds is 1. The molecule has 2 unspecified atom stereocenters. The third-order valence-electron chi connectivity index (χ3n) is 1.74. The van der Waals surface area contributed by atoms with Crippen molar-refractivity contribution in [1.29, 1.82) is 0 Å². The summed E-state index contributed by atoms with van der Waals surface area (Å²) < 4.78 is 0.